The predicted molar refractivity (Wildman–Crippen MR) is 99.6 cm³/mol. The second-order valence-electron chi connectivity index (χ2n) is 4.90. The molecular formula is C12H20S6. The van der Waals surface area contributed by atoms with Crippen molar-refractivity contribution in [3.05, 3.63) is 0 Å². The van der Waals surface area contributed by atoms with Crippen LogP contribution in [0.1, 0.15) is 0 Å². The van der Waals surface area contributed by atoms with Gasteiger partial charge in [0, 0.05) is 67.0 Å². The number of hydrogen-bond donors (Lipinski definition) is 0. The largest absolute Gasteiger partial charge is 0.160 e. The predicted octanol–water partition coefficient (Wildman–Crippen LogP) is 3.90. The molecule has 6 heteroatoms. The van der Waals surface area contributed by atoms with E-state index in [1.54, 1.807) is 0 Å². The van der Waals surface area contributed by atoms with E-state index in [4.69, 9.17) is 0 Å². The van der Waals surface area contributed by atoms with Crippen LogP contribution >= 0.6 is 70.6 Å². The number of hydrogen-bond acceptors (Lipinski definition) is 6. The van der Waals surface area contributed by atoms with Gasteiger partial charge in [0.25, 0.3) is 0 Å². The zero-order chi connectivity index (χ0) is 12.2. The zero-order valence-electron chi connectivity index (χ0n) is 10.4. The normalized spacial score (nSPS) is 38.7. The SMILES string of the molecule is C(SCC1CSC(CSCC2CS2)CS1)C1CS1. The van der Waals surface area contributed by atoms with Crippen molar-refractivity contribution in [1.82, 2.24) is 0 Å². The average Bonchev–Trinajstić information content (AvgIpc) is 3.25. The van der Waals surface area contributed by atoms with Gasteiger partial charge in [-0.1, -0.05) is 0 Å². The highest BCUT2D eigenvalue weighted by Crippen LogP contribution is 2.38. The first-order valence-electron chi connectivity index (χ1n) is 6.52. The van der Waals surface area contributed by atoms with Gasteiger partial charge in [0.05, 0.1) is 0 Å². The van der Waals surface area contributed by atoms with Crippen molar-refractivity contribution < 1.29 is 0 Å². The summed E-state index contributed by atoms with van der Waals surface area (Å²) in [5.41, 5.74) is 0. The standard InChI is InChI=1S/C12H20S6/c1(9-5-15-9)13-3-11-7-18-12(8-17-11)4-14-2-10-6-16-10/h9-12H,1-8H2. The molecule has 0 spiro atoms. The monoisotopic (exact) mass is 356 g/mol. The summed E-state index contributed by atoms with van der Waals surface area (Å²) in [5.74, 6) is 11.3. The minimum atomic E-state index is 0.934. The summed E-state index contributed by atoms with van der Waals surface area (Å²) in [6.45, 7) is 0. The van der Waals surface area contributed by atoms with E-state index < -0.39 is 0 Å². The fourth-order valence-electron chi connectivity index (χ4n) is 1.77. The molecule has 3 heterocycles. The second kappa shape index (κ2) is 7.92. The molecule has 0 aliphatic carbocycles. The molecule has 0 aromatic carbocycles. The lowest BCUT2D eigenvalue weighted by Gasteiger charge is -2.27. The lowest BCUT2D eigenvalue weighted by atomic mass is 10.5. The van der Waals surface area contributed by atoms with Crippen LogP contribution in [0.15, 0.2) is 0 Å². The molecule has 0 nitrogen and oxygen atoms in total. The van der Waals surface area contributed by atoms with Gasteiger partial charge in [-0.25, -0.2) is 0 Å². The van der Waals surface area contributed by atoms with Crippen molar-refractivity contribution in [3.8, 4) is 0 Å². The molecular weight excluding hydrogens is 337 g/mol. The third-order valence-corrected chi connectivity index (χ3v) is 11.6. The number of thioether (sulfide) groups is 6. The summed E-state index contributed by atoms with van der Waals surface area (Å²) < 4.78 is 0. The lowest BCUT2D eigenvalue weighted by molar-refractivity contribution is 1.06. The van der Waals surface area contributed by atoms with E-state index in [-0.39, 0.29) is 0 Å². The Kier molecular flexibility index (Phi) is 6.61. The Morgan fingerprint density at radius 2 is 0.833 bits per heavy atom. The van der Waals surface area contributed by atoms with Gasteiger partial charge in [0.2, 0.25) is 0 Å². The van der Waals surface area contributed by atoms with E-state index in [1.807, 2.05) is 0 Å². The van der Waals surface area contributed by atoms with Crippen molar-refractivity contribution in [1.29, 1.82) is 0 Å². The molecule has 3 aliphatic rings. The van der Waals surface area contributed by atoms with Crippen LogP contribution in [0.3, 0.4) is 0 Å². The summed E-state index contributed by atoms with van der Waals surface area (Å²) in [4.78, 5) is 0. The molecule has 0 saturated carbocycles. The van der Waals surface area contributed by atoms with Gasteiger partial charge in [-0.2, -0.15) is 70.6 Å². The minimum absolute atomic E-state index is 0.934. The van der Waals surface area contributed by atoms with Crippen molar-refractivity contribution in [2.45, 2.75) is 21.0 Å². The van der Waals surface area contributed by atoms with Crippen LogP contribution < -0.4 is 0 Å². The fraction of sp³-hybridized carbons (Fsp3) is 1.00. The van der Waals surface area contributed by atoms with Crippen LogP contribution in [0.4, 0.5) is 0 Å². The lowest BCUT2D eigenvalue weighted by Crippen LogP contribution is -2.25. The van der Waals surface area contributed by atoms with Gasteiger partial charge < -0.3 is 0 Å². The highest BCUT2D eigenvalue weighted by molar-refractivity contribution is 8.10. The third-order valence-electron chi connectivity index (χ3n) is 3.06. The Hall–Kier alpha value is 2.10. The molecule has 3 saturated heterocycles. The molecule has 3 fully saturated rings. The average molecular weight is 357 g/mol. The molecule has 4 unspecified atom stereocenters. The minimum Gasteiger partial charge on any atom is -0.160 e. The van der Waals surface area contributed by atoms with Gasteiger partial charge in [0.15, 0.2) is 0 Å². The number of rotatable bonds is 8. The molecule has 0 radical (unpaired) electrons. The quantitative estimate of drug-likeness (QED) is 0.601. The summed E-state index contributed by atoms with van der Waals surface area (Å²) in [6.07, 6.45) is 0. The van der Waals surface area contributed by atoms with Crippen LogP contribution in [-0.2, 0) is 0 Å². The fourth-order valence-corrected chi connectivity index (χ4v) is 9.81. The smallest absolute Gasteiger partial charge is 0.0229 e. The molecule has 3 rings (SSSR count). The van der Waals surface area contributed by atoms with Crippen molar-refractivity contribution in [3.63, 3.8) is 0 Å². The summed E-state index contributed by atoms with van der Waals surface area (Å²) in [5, 5.41) is 3.90. The Balaban J connectivity index is 1.21. The van der Waals surface area contributed by atoms with Crippen LogP contribution in [0, 0.1) is 0 Å². The highest BCUT2D eigenvalue weighted by Gasteiger charge is 2.26. The van der Waals surface area contributed by atoms with Gasteiger partial charge in [-0.05, 0) is 0 Å². The zero-order valence-corrected chi connectivity index (χ0v) is 15.3. The molecule has 0 aromatic rings. The first-order chi connectivity index (χ1) is 8.90. The Morgan fingerprint density at radius 3 is 1.06 bits per heavy atom. The maximum absolute atomic E-state index is 2.25. The van der Waals surface area contributed by atoms with Gasteiger partial charge in [0.1, 0.15) is 0 Å². The van der Waals surface area contributed by atoms with Crippen LogP contribution in [0.5, 0.6) is 0 Å². The Morgan fingerprint density at radius 1 is 0.556 bits per heavy atom. The molecule has 0 aromatic heterocycles. The highest BCUT2D eigenvalue weighted by atomic mass is 32.2. The van der Waals surface area contributed by atoms with E-state index in [0.717, 1.165) is 21.0 Å². The molecule has 0 bridgehead atoms. The van der Waals surface area contributed by atoms with Gasteiger partial charge >= 0.3 is 0 Å². The van der Waals surface area contributed by atoms with E-state index in [2.05, 4.69) is 70.6 Å². The van der Waals surface area contributed by atoms with Crippen molar-refractivity contribution in [2.24, 2.45) is 0 Å². The molecule has 104 valence electrons. The summed E-state index contributed by atoms with van der Waals surface area (Å²) >= 11 is 13.2. The maximum Gasteiger partial charge on any atom is 0.0229 e. The summed E-state index contributed by atoms with van der Waals surface area (Å²) in [7, 11) is 0. The van der Waals surface area contributed by atoms with E-state index in [0.29, 0.717) is 0 Å². The first-order valence-corrected chi connectivity index (χ1v) is 13.0. The molecule has 3 aliphatic heterocycles. The molecule has 0 amide bonds. The second-order valence-corrected chi connectivity index (χ2v) is 12.4. The topological polar surface area (TPSA) is 0 Å². The Labute approximate surface area is 136 Å². The van der Waals surface area contributed by atoms with Crippen LogP contribution in [-0.4, -0.2) is 67.0 Å². The molecule has 0 N–H and O–H groups in total. The van der Waals surface area contributed by atoms with E-state index in [1.165, 1.54) is 46.0 Å². The molecule has 18 heavy (non-hydrogen) atoms. The summed E-state index contributed by atoms with van der Waals surface area (Å²) in [6, 6.07) is 0. The van der Waals surface area contributed by atoms with Crippen molar-refractivity contribution in [2.75, 3.05) is 46.0 Å². The van der Waals surface area contributed by atoms with Gasteiger partial charge in [-0.15, -0.1) is 0 Å². The van der Waals surface area contributed by atoms with Crippen molar-refractivity contribution >= 4 is 70.6 Å². The Bertz CT molecular complexity index is 219. The maximum atomic E-state index is 2.25. The van der Waals surface area contributed by atoms with E-state index in [9.17, 15) is 0 Å². The third kappa shape index (κ3) is 5.84. The molecule has 4 atom stereocenters. The first kappa shape index (κ1) is 15.0. The van der Waals surface area contributed by atoms with Gasteiger partial charge in [-0.3, -0.25) is 0 Å². The van der Waals surface area contributed by atoms with Crippen LogP contribution in [0.25, 0.3) is 0 Å². The van der Waals surface area contributed by atoms with Crippen LogP contribution in [0.2, 0.25) is 0 Å². The van der Waals surface area contributed by atoms with E-state index >= 15 is 0 Å².